The van der Waals surface area contributed by atoms with E-state index in [1.165, 1.54) is 27.6 Å². The van der Waals surface area contributed by atoms with Gasteiger partial charge in [0, 0.05) is 45.5 Å². The molecule has 12 rings (SSSR count). The SMILES string of the molecule is CC1(C)c2ccccc2-c2cc3c4ccccc4n(-c4cc(Oc5cc(-c6ccccc6)cc(-c6ccccc6)c5)cc(Oc5nc(-c6ccccc6)nc(-c6ccccc6)n5)c4)c3cc21. The Bertz CT molecular complexity index is 3340. The minimum atomic E-state index is -0.188. The Kier molecular flexibility index (Phi) is 9.39. The van der Waals surface area contributed by atoms with E-state index in [4.69, 9.17) is 24.4 Å². The minimum absolute atomic E-state index is 0.169. The maximum absolute atomic E-state index is 7.03. The van der Waals surface area contributed by atoms with Gasteiger partial charge in [0.15, 0.2) is 11.6 Å². The molecule has 0 spiro atoms. The van der Waals surface area contributed by atoms with Crippen molar-refractivity contribution in [1.29, 1.82) is 0 Å². The van der Waals surface area contributed by atoms with Crippen molar-refractivity contribution in [3.8, 4) is 85.1 Å². The predicted octanol–water partition coefficient (Wildman–Crippen LogP) is 15.5. The average Bonchev–Trinajstić information content (AvgIpc) is 3.81. The van der Waals surface area contributed by atoms with E-state index >= 15 is 0 Å². The fraction of sp³-hybridized carbons (Fsp3) is 0.0500. The van der Waals surface area contributed by atoms with Gasteiger partial charge in [0.2, 0.25) is 0 Å². The van der Waals surface area contributed by atoms with Crippen molar-refractivity contribution in [3.05, 3.63) is 230 Å². The molecule has 9 aromatic carbocycles. The van der Waals surface area contributed by atoms with Crippen LogP contribution >= 0.6 is 0 Å². The summed E-state index contributed by atoms with van der Waals surface area (Å²) in [6.07, 6.45) is 0. The molecular weight excluding hydrogens is 809 g/mol. The Hall–Kier alpha value is -8.61. The lowest BCUT2D eigenvalue weighted by atomic mass is 9.82. The lowest BCUT2D eigenvalue weighted by Gasteiger charge is -2.22. The zero-order valence-electron chi connectivity index (χ0n) is 36.4. The molecule has 0 N–H and O–H groups in total. The van der Waals surface area contributed by atoms with Crippen LogP contribution in [0.5, 0.6) is 23.3 Å². The summed E-state index contributed by atoms with van der Waals surface area (Å²) in [5, 5.41) is 2.33. The quantitative estimate of drug-likeness (QED) is 0.145. The molecule has 6 nitrogen and oxygen atoms in total. The van der Waals surface area contributed by atoms with Gasteiger partial charge in [0.1, 0.15) is 17.2 Å². The van der Waals surface area contributed by atoms with E-state index in [-0.39, 0.29) is 11.4 Å². The van der Waals surface area contributed by atoms with E-state index in [2.05, 4.69) is 158 Å². The van der Waals surface area contributed by atoms with Crippen molar-refractivity contribution < 1.29 is 9.47 Å². The van der Waals surface area contributed by atoms with Crippen LogP contribution in [0.3, 0.4) is 0 Å². The smallest absolute Gasteiger partial charge is 0.326 e. The van der Waals surface area contributed by atoms with Gasteiger partial charge in [-0.05, 0) is 80.9 Å². The van der Waals surface area contributed by atoms with Gasteiger partial charge in [0.05, 0.1) is 16.7 Å². The van der Waals surface area contributed by atoms with Gasteiger partial charge in [-0.3, -0.25) is 0 Å². The van der Waals surface area contributed by atoms with Gasteiger partial charge in [-0.15, -0.1) is 0 Å². The van der Waals surface area contributed by atoms with E-state index in [1.807, 2.05) is 78.9 Å². The molecule has 0 saturated heterocycles. The van der Waals surface area contributed by atoms with Gasteiger partial charge in [0.25, 0.3) is 0 Å². The second kappa shape index (κ2) is 15.9. The van der Waals surface area contributed by atoms with Gasteiger partial charge in [-0.2, -0.15) is 9.97 Å². The van der Waals surface area contributed by atoms with Crippen LogP contribution < -0.4 is 9.47 Å². The third-order valence-electron chi connectivity index (χ3n) is 12.7. The molecule has 66 heavy (non-hydrogen) atoms. The molecule has 2 heterocycles. The van der Waals surface area contributed by atoms with Crippen LogP contribution in [0.1, 0.15) is 25.0 Å². The number of rotatable bonds is 9. The van der Waals surface area contributed by atoms with E-state index < -0.39 is 0 Å². The molecular formula is C60H42N4O2. The summed E-state index contributed by atoms with van der Waals surface area (Å²) >= 11 is 0. The standard InChI is InChI=1S/C60H42N4O2/c1-60(2)53-29-17-15-27-49(53)51-37-52-50-28-16-18-30-55(50)64(56(52)38-54(51)60)45-34-47(65-46-32-43(39-19-7-3-8-20-39)31-44(33-46)40-21-9-4-10-22-40)36-48(35-45)66-59-62-57(41-23-11-5-12-24-41)61-58(63-59)42-25-13-6-14-26-42/h3-38H,1-2H3. The Morgan fingerprint density at radius 2 is 0.879 bits per heavy atom. The fourth-order valence-electron chi connectivity index (χ4n) is 9.57. The summed E-state index contributed by atoms with van der Waals surface area (Å²) in [5.41, 5.74) is 14.0. The zero-order valence-corrected chi connectivity index (χ0v) is 36.4. The molecule has 0 amide bonds. The molecule has 0 atom stereocenters. The number of para-hydroxylation sites is 1. The van der Waals surface area contributed by atoms with Crippen LogP contribution in [0.15, 0.2) is 218 Å². The highest BCUT2D eigenvalue weighted by molar-refractivity contribution is 6.11. The molecule has 0 saturated carbocycles. The molecule has 0 fully saturated rings. The van der Waals surface area contributed by atoms with Gasteiger partial charge < -0.3 is 14.0 Å². The Labute approximate surface area is 383 Å². The highest BCUT2D eigenvalue weighted by Gasteiger charge is 2.36. The van der Waals surface area contributed by atoms with Gasteiger partial charge in [-0.1, -0.05) is 178 Å². The molecule has 11 aromatic rings. The van der Waals surface area contributed by atoms with Crippen molar-refractivity contribution in [1.82, 2.24) is 19.5 Å². The molecule has 0 aliphatic heterocycles. The highest BCUT2D eigenvalue weighted by Crippen LogP contribution is 2.51. The van der Waals surface area contributed by atoms with Crippen LogP contribution in [0.25, 0.3) is 83.6 Å². The third-order valence-corrected chi connectivity index (χ3v) is 12.7. The number of benzene rings is 9. The van der Waals surface area contributed by atoms with Crippen LogP contribution in [-0.2, 0) is 5.41 Å². The highest BCUT2D eigenvalue weighted by atomic mass is 16.5. The lowest BCUT2D eigenvalue weighted by Crippen LogP contribution is -2.15. The summed E-state index contributed by atoms with van der Waals surface area (Å²) in [5.74, 6) is 2.81. The van der Waals surface area contributed by atoms with Crippen molar-refractivity contribution in [2.24, 2.45) is 0 Å². The number of hydrogen-bond donors (Lipinski definition) is 0. The zero-order chi connectivity index (χ0) is 44.2. The monoisotopic (exact) mass is 850 g/mol. The largest absolute Gasteiger partial charge is 0.457 e. The Morgan fingerprint density at radius 3 is 1.50 bits per heavy atom. The summed E-state index contributed by atoms with van der Waals surface area (Å²) in [6.45, 7) is 4.65. The average molecular weight is 851 g/mol. The summed E-state index contributed by atoms with van der Waals surface area (Å²) in [6, 6.07) is 75.5. The molecule has 1 aliphatic carbocycles. The van der Waals surface area contributed by atoms with E-state index in [1.54, 1.807) is 0 Å². The molecule has 2 aromatic heterocycles. The molecule has 314 valence electrons. The van der Waals surface area contributed by atoms with E-state index in [0.29, 0.717) is 28.9 Å². The van der Waals surface area contributed by atoms with Crippen LogP contribution in [0.2, 0.25) is 0 Å². The van der Waals surface area contributed by atoms with Crippen molar-refractivity contribution in [2.75, 3.05) is 0 Å². The number of nitrogens with zero attached hydrogens (tertiary/aromatic N) is 4. The predicted molar refractivity (Wildman–Crippen MR) is 267 cm³/mol. The topological polar surface area (TPSA) is 62.1 Å². The Morgan fingerprint density at radius 1 is 0.364 bits per heavy atom. The maximum atomic E-state index is 7.03. The van der Waals surface area contributed by atoms with Crippen LogP contribution in [0, 0.1) is 0 Å². The number of hydrogen-bond acceptors (Lipinski definition) is 5. The second-order valence-electron chi connectivity index (χ2n) is 17.3. The summed E-state index contributed by atoms with van der Waals surface area (Å²) in [4.78, 5) is 14.7. The third kappa shape index (κ3) is 6.96. The van der Waals surface area contributed by atoms with Crippen molar-refractivity contribution >= 4 is 21.8 Å². The summed E-state index contributed by atoms with van der Waals surface area (Å²) in [7, 11) is 0. The van der Waals surface area contributed by atoms with Crippen LogP contribution in [-0.4, -0.2) is 19.5 Å². The van der Waals surface area contributed by atoms with Gasteiger partial charge >= 0.3 is 6.01 Å². The normalized spacial score (nSPS) is 12.5. The molecule has 1 aliphatic rings. The van der Waals surface area contributed by atoms with Crippen molar-refractivity contribution in [2.45, 2.75) is 19.3 Å². The van der Waals surface area contributed by atoms with Gasteiger partial charge in [-0.25, -0.2) is 4.98 Å². The fourth-order valence-corrected chi connectivity index (χ4v) is 9.57. The number of ether oxygens (including phenoxy) is 2. The maximum Gasteiger partial charge on any atom is 0.326 e. The first-order valence-corrected chi connectivity index (χ1v) is 22.2. The van der Waals surface area contributed by atoms with Crippen molar-refractivity contribution in [3.63, 3.8) is 0 Å². The molecule has 0 radical (unpaired) electrons. The first kappa shape index (κ1) is 39.0. The number of aromatic nitrogens is 4. The first-order valence-electron chi connectivity index (χ1n) is 22.2. The number of fused-ring (bicyclic) bond motifs is 6. The molecule has 6 heteroatoms. The van der Waals surface area contributed by atoms with E-state index in [0.717, 1.165) is 55.5 Å². The second-order valence-corrected chi connectivity index (χ2v) is 17.3. The Balaban J connectivity index is 1.06. The molecule has 0 unspecified atom stereocenters. The first-order chi connectivity index (χ1) is 32.4. The van der Waals surface area contributed by atoms with Crippen LogP contribution in [0.4, 0.5) is 0 Å². The van der Waals surface area contributed by atoms with E-state index in [9.17, 15) is 0 Å². The minimum Gasteiger partial charge on any atom is -0.457 e. The summed E-state index contributed by atoms with van der Waals surface area (Å²) < 4.78 is 16.2. The molecule has 0 bridgehead atoms. The lowest BCUT2D eigenvalue weighted by molar-refractivity contribution is 0.432.